The van der Waals surface area contributed by atoms with Gasteiger partial charge in [-0.2, -0.15) is 24.9 Å². The summed E-state index contributed by atoms with van der Waals surface area (Å²) in [4.78, 5) is 12.2. The molecular formula is C9H15F3N2OS. The fourth-order valence-electron chi connectivity index (χ4n) is 1.47. The average Bonchev–Trinajstić information content (AvgIpc) is 2.16. The van der Waals surface area contributed by atoms with Crippen LogP contribution in [0.1, 0.15) is 6.42 Å². The summed E-state index contributed by atoms with van der Waals surface area (Å²) in [5.41, 5.74) is 0. The summed E-state index contributed by atoms with van der Waals surface area (Å²) in [6.07, 6.45) is -4.18. The highest BCUT2D eigenvalue weighted by Crippen LogP contribution is 2.17. The molecule has 0 aromatic heterocycles. The zero-order chi connectivity index (χ0) is 12.2. The second kappa shape index (κ2) is 5.77. The van der Waals surface area contributed by atoms with Gasteiger partial charge in [0.15, 0.2) is 0 Å². The Bertz CT molecular complexity index is 241. The minimum atomic E-state index is -4.32. The zero-order valence-corrected chi connectivity index (χ0v) is 9.83. The Balaban J connectivity index is 2.33. The molecule has 1 unspecified atom stereocenters. The van der Waals surface area contributed by atoms with Gasteiger partial charge in [0.25, 0.3) is 0 Å². The van der Waals surface area contributed by atoms with Gasteiger partial charge in [0.2, 0.25) is 5.91 Å². The van der Waals surface area contributed by atoms with Gasteiger partial charge in [-0.1, -0.05) is 0 Å². The van der Waals surface area contributed by atoms with Crippen molar-refractivity contribution in [2.24, 2.45) is 0 Å². The summed E-state index contributed by atoms with van der Waals surface area (Å²) in [5.74, 6) is 1.31. The van der Waals surface area contributed by atoms with Crippen LogP contribution in [0, 0.1) is 0 Å². The fraction of sp³-hybridized carbons (Fsp3) is 0.889. The molecule has 1 heterocycles. The molecule has 1 aliphatic heterocycles. The second-order valence-corrected chi connectivity index (χ2v) is 4.94. The lowest BCUT2D eigenvalue weighted by Crippen LogP contribution is -2.43. The van der Waals surface area contributed by atoms with Crippen LogP contribution < -0.4 is 5.32 Å². The quantitative estimate of drug-likeness (QED) is 0.820. The van der Waals surface area contributed by atoms with Crippen LogP contribution in [0.4, 0.5) is 13.2 Å². The number of nitrogens with one attached hydrogen (secondary N) is 1. The molecule has 1 fully saturated rings. The molecule has 7 heteroatoms. The van der Waals surface area contributed by atoms with E-state index in [4.69, 9.17) is 0 Å². The van der Waals surface area contributed by atoms with Crippen LogP contribution in [-0.4, -0.2) is 54.7 Å². The molecule has 1 aliphatic rings. The van der Waals surface area contributed by atoms with E-state index in [-0.39, 0.29) is 12.5 Å². The summed E-state index contributed by atoms with van der Waals surface area (Å²) < 4.78 is 36.1. The molecule has 1 rings (SSSR count). The van der Waals surface area contributed by atoms with Crippen molar-refractivity contribution in [3.05, 3.63) is 0 Å². The highest BCUT2D eigenvalue weighted by molar-refractivity contribution is 7.99. The van der Waals surface area contributed by atoms with Gasteiger partial charge in [0.1, 0.15) is 6.54 Å². The van der Waals surface area contributed by atoms with Crippen LogP contribution in [0.25, 0.3) is 0 Å². The monoisotopic (exact) mass is 256 g/mol. The fourth-order valence-corrected chi connectivity index (χ4v) is 2.42. The standard InChI is InChI=1S/C9H15F3N2OS/c1-14(6-9(10,11)12)8(15)4-7-5-16-3-2-13-7/h7,13H,2-6H2,1H3. The highest BCUT2D eigenvalue weighted by Gasteiger charge is 2.31. The zero-order valence-electron chi connectivity index (χ0n) is 9.01. The van der Waals surface area contributed by atoms with Crippen LogP contribution in [0.15, 0.2) is 0 Å². The molecule has 0 saturated carbocycles. The number of nitrogens with zero attached hydrogens (tertiary/aromatic N) is 1. The van der Waals surface area contributed by atoms with Crippen molar-refractivity contribution < 1.29 is 18.0 Å². The van der Waals surface area contributed by atoms with E-state index in [2.05, 4.69) is 5.32 Å². The van der Waals surface area contributed by atoms with Gasteiger partial charge < -0.3 is 10.2 Å². The molecule has 1 saturated heterocycles. The molecule has 3 nitrogen and oxygen atoms in total. The van der Waals surface area contributed by atoms with Gasteiger partial charge in [-0.15, -0.1) is 0 Å². The number of alkyl halides is 3. The number of thioether (sulfide) groups is 1. The van der Waals surface area contributed by atoms with Crippen molar-refractivity contribution in [1.29, 1.82) is 0 Å². The molecule has 16 heavy (non-hydrogen) atoms. The van der Waals surface area contributed by atoms with Crippen LogP contribution in [0.5, 0.6) is 0 Å². The second-order valence-electron chi connectivity index (χ2n) is 3.80. The first-order valence-electron chi connectivity index (χ1n) is 5.00. The third-order valence-electron chi connectivity index (χ3n) is 2.26. The summed E-state index contributed by atoms with van der Waals surface area (Å²) in [6, 6.07) is 0.00179. The predicted molar refractivity (Wildman–Crippen MR) is 57.4 cm³/mol. The van der Waals surface area contributed by atoms with E-state index in [0.717, 1.165) is 23.0 Å². The Morgan fingerprint density at radius 3 is 2.75 bits per heavy atom. The number of halogens is 3. The maximum Gasteiger partial charge on any atom is 0.406 e. The third-order valence-corrected chi connectivity index (χ3v) is 3.39. The third kappa shape index (κ3) is 5.07. The van der Waals surface area contributed by atoms with E-state index in [1.54, 1.807) is 11.8 Å². The number of carbonyl (C=O) groups is 1. The molecule has 94 valence electrons. The van der Waals surface area contributed by atoms with Gasteiger partial charge in [0, 0.05) is 37.6 Å². The van der Waals surface area contributed by atoms with E-state index >= 15 is 0 Å². The van der Waals surface area contributed by atoms with Crippen molar-refractivity contribution in [3.63, 3.8) is 0 Å². The van der Waals surface area contributed by atoms with Crippen molar-refractivity contribution in [2.45, 2.75) is 18.6 Å². The molecular weight excluding hydrogens is 241 g/mol. The van der Waals surface area contributed by atoms with Crippen LogP contribution in [0.2, 0.25) is 0 Å². The SMILES string of the molecule is CN(CC(F)(F)F)C(=O)CC1CSCCN1. The van der Waals surface area contributed by atoms with E-state index in [1.165, 1.54) is 7.05 Å². The largest absolute Gasteiger partial charge is 0.406 e. The van der Waals surface area contributed by atoms with Gasteiger partial charge in [0.05, 0.1) is 0 Å². The van der Waals surface area contributed by atoms with E-state index in [0.29, 0.717) is 0 Å². The molecule has 1 atom stereocenters. The van der Waals surface area contributed by atoms with Crippen molar-refractivity contribution in [1.82, 2.24) is 10.2 Å². The van der Waals surface area contributed by atoms with E-state index < -0.39 is 18.6 Å². The Morgan fingerprint density at radius 2 is 2.25 bits per heavy atom. The van der Waals surface area contributed by atoms with Crippen molar-refractivity contribution in [2.75, 3.05) is 31.6 Å². The Kier molecular flexibility index (Phi) is 4.91. The van der Waals surface area contributed by atoms with E-state index in [1.807, 2.05) is 0 Å². The Morgan fingerprint density at radius 1 is 1.56 bits per heavy atom. The van der Waals surface area contributed by atoms with Gasteiger partial charge >= 0.3 is 6.18 Å². The highest BCUT2D eigenvalue weighted by atomic mass is 32.2. The number of amides is 1. The van der Waals surface area contributed by atoms with Gasteiger partial charge in [-0.05, 0) is 0 Å². The van der Waals surface area contributed by atoms with Crippen molar-refractivity contribution in [3.8, 4) is 0 Å². The van der Waals surface area contributed by atoms with Crippen LogP contribution in [0.3, 0.4) is 0 Å². The van der Waals surface area contributed by atoms with Gasteiger partial charge in [-0.3, -0.25) is 4.79 Å². The minimum Gasteiger partial charge on any atom is -0.337 e. The summed E-state index contributed by atoms with van der Waals surface area (Å²) in [6.45, 7) is -0.364. The maximum absolute atomic E-state index is 12.0. The first kappa shape index (κ1) is 13.6. The topological polar surface area (TPSA) is 32.3 Å². The maximum atomic E-state index is 12.0. The molecule has 0 spiro atoms. The van der Waals surface area contributed by atoms with Gasteiger partial charge in [-0.25, -0.2) is 0 Å². The molecule has 0 aliphatic carbocycles. The molecule has 0 radical (unpaired) electrons. The van der Waals surface area contributed by atoms with Crippen molar-refractivity contribution >= 4 is 17.7 Å². The van der Waals surface area contributed by atoms with E-state index in [9.17, 15) is 18.0 Å². The Labute approximate surface area is 96.7 Å². The smallest absolute Gasteiger partial charge is 0.337 e. The van der Waals surface area contributed by atoms with Crippen LogP contribution in [-0.2, 0) is 4.79 Å². The average molecular weight is 256 g/mol. The number of carbonyl (C=O) groups excluding carboxylic acids is 1. The Hall–Kier alpha value is -0.430. The number of rotatable bonds is 3. The summed E-state index contributed by atoms with van der Waals surface area (Å²) >= 11 is 1.71. The first-order valence-corrected chi connectivity index (χ1v) is 6.16. The normalized spacial score (nSPS) is 21.9. The summed E-state index contributed by atoms with van der Waals surface area (Å²) in [7, 11) is 1.19. The molecule has 0 aromatic rings. The molecule has 1 amide bonds. The number of hydrogen-bond donors (Lipinski definition) is 1. The van der Waals surface area contributed by atoms with Crippen LogP contribution >= 0.6 is 11.8 Å². The minimum absolute atomic E-state index is 0.00179. The first-order chi connectivity index (χ1) is 7.38. The number of hydrogen-bond acceptors (Lipinski definition) is 3. The lowest BCUT2D eigenvalue weighted by molar-refractivity contribution is -0.158. The molecule has 0 bridgehead atoms. The lowest BCUT2D eigenvalue weighted by Gasteiger charge is -2.25. The lowest BCUT2D eigenvalue weighted by atomic mass is 10.2. The summed E-state index contributed by atoms with van der Waals surface area (Å²) in [5, 5.41) is 3.12. The molecule has 0 aromatic carbocycles. The molecule has 1 N–H and O–H groups in total. The predicted octanol–water partition coefficient (Wildman–Crippen LogP) is 1.10.